The van der Waals surface area contributed by atoms with Crippen molar-refractivity contribution in [2.24, 2.45) is 46.3 Å². The van der Waals surface area contributed by atoms with Gasteiger partial charge in [0.2, 0.25) is 0 Å². The minimum Gasteiger partial charge on any atom is -0.469 e. The molecule has 272 valence electrons. The van der Waals surface area contributed by atoms with Gasteiger partial charge in [0.1, 0.15) is 12.2 Å². The van der Waals surface area contributed by atoms with Crippen molar-refractivity contribution >= 4 is 29.3 Å². The van der Waals surface area contributed by atoms with E-state index in [1.807, 2.05) is 48.5 Å². The Balaban J connectivity index is 1.18. The zero-order chi connectivity index (χ0) is 35.6. The van der Waals surface area contributed by atoms with Crippen LogP contribution in [0.25, 0.3) is 0 Å². The second-order valence-electron chi connectivity index (χ2n) is 16.6. The molecule has 4 saturated carbocycles. The van der Waals surface area contributed by atoms with Gasteiger partial charge in [0.25, 0.3) is 0 Å². The summed E-state index contributed by atoms with van der Waals surface area (Å²) < 4.78 is 17.7. The monoisotopic (exact) mass is 686 g/mol. The molecule has 6 rings (SSSR count). The molecular weight excluding hydrogens is 628 g/mol. The number of ether oxygens (including phenoxy) is 3. The van der Waals surface area contributed by atoms with E-state index in [1.54, 1.807) is 0 Å². The molecular formula is C42H58N2O6. The number of anilines is 2. The molecule has 4 fully saturated rings. The Labute approximate surface area is 298 Å². The van der Waals surface area contributed by atoms with Crippen molar-refractivity contribution in [3.63, 3.8) is 0 Å². The normalized spacial score (nSPS) is 33.6. The number of carbonyl (C=O) groups excluding carboxylic acids is 3. The summed E-state index contributed by atoms with van der Waals surface area (Å²) in [4.78, 5) is 38.7. The predicted molar refractivity (Wildman–Crippen MR) is 195 cm³/mol. The van der Waals surface area contributed by atoms with Crippen LogP contribution in [-0.2, 0) is 41.4 Å². The maximum absolute atomic E-state index is 13.7. The number of esters is 3. The Bertz CT molecular complexity index is 1510. The molecule has 8 nitrogen and oxygen atoms in total. The van der Waals surface area contributed by atoms with Crippen LogP contribution in [0, 0.1) is 46.3 Å². The van der Waals surface area contributed by atoms with Crippen LogP contribution in [0.1, 0.15) is 103 Å². The maximum atomic E-state index is 13.7. The standard InChI is InChI=1S/C42H58N2O6/c1-26(5-19-38(45)48-4)34-17-18-35-33-16-11-29-24-32(49-40(47)23-28-8-14-31(44)15-9-28)21-22-41(29,2)36(33)25-37(42(34,35)3)50-39(46)20-10-27-6-12-30(43)13-7-27/h6-9,12-15,26,29,32-37H,5,10-11,16-25,43-44H2,1-4H3/t26-,29-,32-,33+,34-,35+,36+,37+,41+,42-/m1/s1. The third-order valence-electron chi connectivity index (χ3n) is 14.0. The quantitative estimate of drug-likeness (QED) is 0.140. The number of hydrogen-bond donors (Lipinski definition) is 2. The molecule has 10 atom stereocenters. The van der Waals surface area contributed by atoms with Crippen molar-refractivity contribution in [2.75, 3.05) is 18.6 Å². The highest BCUT2D eigenvalue weighted by molar-refractivity contribution is 5.73. The summed E-state index contributed by atoms with van der Waals surface area (Å²) in [5.74, 6) is 2.19. The lowest BCUT2D eigenvalue weighted by Gasteiger charge is -2.62. The van der Waals surface area contributed by atoms with Crippen molar-refractivity contribution in [2.45, 2.75) is 116 Å². The van der Waals surface area contributed by atoms with Crippen molar-refractivity contribution in [3.05, 3.63) is 59.7 Å². The zero-order valence-electron chi connectivity index (χ0n) is 30.5. The first kappa shape index (κ1) is 36.2. The van der Waals surface area contributed by atoms with Crippen LogP contribution in [0.15, 0.2) is 48.5 Å². The van der Waals surface area contributed by atoms with Gasteiger partial charge >= 0.3 is 17.9 Å². The summed E-state index contributed by atoms with van der Waals surface area (Å²) in [5, 5.41) is 0. The fourth-order valence-electron chi connectivity index (χ4n) is 11.2. The molecule has 4 aliphatic rings. The lowest BCUT2D eigenvalue weighted by molar-refractivity contribution is -0.199. The van der Waals surface area contributed by atoms with E-state index in [1.165, 1.54) is 13.5 Å². The van der Waals surface area contributed by atoms with Crippen LogP contribution < -0.4 is 11.5 Å². The van der Waals surface area contributed by atoms with Gasteiger partial charge in [-0.2, -0.15) is 0 Å². The molecule has 0 heterocycles. The lowest BCUT2D eigenvalue weighted by Crippen LogP contribution is -2.59. The first-order chi connectivity index (χ1) is 23.9. The highest BCUT2D eigenvalue weighted by Crippen LogP contribution is 2.69. The molecule has 0 aromatic heterocycles. The van der Waals surface area contributed by atoms with Gasteiger partial charge in [-0.25, -0.2) is 0 Å². The number of rotatable bonds is 11. The van der Waals surface area contributed by atoms with Gasteiger partial charge in [0.15, 0.2) is 0 Å². The van der Waals surface area contributed by atoms with E-state index in [0.717, 1.165) is 62.5 Å². The van der Waals surface area contributed by atoms with Crippen molar-refractivity contribution in [3.8, 4) is 0 Å². The number of aryl methyl sites for hydroxylation is 1. The number of benzene rings is 2. The molecule has 2 aromatic carbocycles. The summed E-state index contributed by atoms with van der Waals surface area (Å²) in [6.45, 7) is 7.17. The second kappa shape index (κ2) is 15.0. The Morgan fingerprint density at radius 1 is 0.780 bits per heavy atom. The Hall–Kier alpha value is -3.55. The Morgan fingerprint density at radius 3 is 2.14 bits per heavy atom. The molecule has 0 saturated heterocycles. The summed E-state index contributed by atoms with van der Waals surface area (Å²) in [5.41, 5.74) is 15.1. The van der Waals surface area contributed by atoms with Gasteiger partial charge < -0.3 is 25.7 Å². The maximum Gasteiger partial charge on any atom is 0.310 e. The smallest absolute Gasteiger partial charge is 0.310 e. The van der Waals surface area contributed by atoms with Crippen molar-refractivity contribution in [1.29, 1.82) is 0 Å². The second-order valence-corrected chi connectivity index (χ2v) is 16.6. The molecule has 0 bridgehead atoms. The molecule has 0 aliphatic heterocycles. The summed E-state index contributed by atoms with van der Waals surface area (Å²) in [7, 11) is 1.46. The van der Waals surface area contributed by atoms with E-state index in [9.17, 15) is 14.4 Å². The largest absolute Gasteiger partial charge is 0.469 e. The van der Waals surface area contributed by atoms with Gasteiger partial charge in [-0.05, 0) is 141 Å². The number of fused-ring (bicyclic) bond motifs is 5. The fourth-order valence-corrected chi connectivity index (χ4v) is 11.2. The van der Waals surface area contributed by atoms with E-state index in [-0.39, 0.29) is 47.4 Å². The molecule has 50 heavy (non-hydrogen) atoms. The van der Waals surface area contributed by atoms with Gasteiger partial charge in [-0.3, -0.25) is 14.4 Å². The number of carbonyl (C=O) groups is 3. The molecule has 0 unspecified atom stereocenters. The third-order valence-corrected chi connectivity index (χ3v) is 14.0. The van der Waals surface area contributed by atoms with Crippen LogP contribution in [0.5, 0.6) is 0 Å². The predicted octanol–water partition coefficient (Wildman–Crippen LogP) is 7.71. The van der Waals surface area contributed by atoms with E-state index in [0.29, 0.717) is 66.1 Å². The Kier molecular flexibility index (Phi) is 10.9. The molecule has 0 radical (unpaired) electrons. The van der Waals surface area contributed by atoms with Crippen LogP contribution in [0.2, 0.25) is 0 Å². The molecule has 4 N–H and O–H groups in total. The average molecular weight is 687 g/mol. The van der Waals surface area contributed by atoms with Gasteiger partial charge in [-0.15, -0.1) is 0 Å². The lowest BCUT2D eigenvalue weighted by atomic mass is 9.43. The number of methoxy groups -OCH3 is 1. The van der Waals surface area contributed by atoms with E-state index in [4.69, 9.17) is 25.7 Å². The van der Waals surface area contributed by atoms with E-state index < -0.39 is 0 Å². The van der Waals surface area contributed by atoms with Crippen LogP contribution >= 0.6 is 0 Å². The van der Waals surface area contributed by atoms with Crippen LogP contribution in [0.3, 0.4) is 0 Å². The fraction of sp³-hybridized carbons (Fsp3) is 0.643. The first-order valence-electron chi connectivity index (χ1n) is 19.0. The average Bonchev–Trinajstić information content (AvgIpc) is 3.46. The molecule has 0 amide bonds. The SMILES string of the molecule is COC(=O)CC[C@@H](C)[C@H]1CC[C@H]2[C@@H]3CC[C@@H]4C[C@H](OC(=O)Cc5ccc(N)cc5)CC[C@]4(C)[C@H]3C[C@H](OC(=O)CCc3ccc(N)cc3)[C@]12C. The summed E-state index contributed by atoms with van der Waals surface area (Å²) >= 11 is 0. The van der Waals surface area contributed by atoms with Crippen molar-refractivity contribution < 1.29 is 28.6 Å². The molecule has 4 aliphatic carbocycles. The number of nitrogen functional groups attached to an aromatic ring is 2. The summed E-state index contributed by atoms with van der Waals surface area (Å²) in [6.07, 6.45) is 10.4. The Morgan fingerprint density at radius 2 is 1.46 bits per heavy atom. The first-order valence-corrected chi connectivity index (χ1v) is 19.0. The van der Waals surface area contributed by atoms with Gasteiger partial charge in [0.05, 0.1) is 13.5 Å². The topological polar surface area (TPSA) is 131 Å². The molecule has 0 spiro atoms. The zero-order valence-corrected chi connectivity index (χ0v) is 30.5. The minimum atomic E-state index is -0.174. The van der Waals surface area contributed by atoms with Gasteiger partial charge in [-0.1, -0.05) is 45.0 Å². The highest BCUT2D eigenvalue weighted by atomic mass is 16.5. The summed E-state index contributed by atoms with van der Waals surface area (Å²) in [6, 6.07) is 15.1. The van der Waals surface area contributed by atoms with Gasteiger partial charge in [0, 0.05) is 29.6 Å². The third kappa shape index (κ3) is 7.41. The van der Waals surface area contributed by atoms with E-state index in [2.05, 4.69) is 20.8 Å². The van der Waals surface area contributed by atoms with E-state index >= 15 is 0 Å². The van der Waals surface area contributed by atoms with Crippen LogP contribution in [0.4, 0.5) is 11.4 Å². The molecule has 8 heteroatoms. The van der Waals surface area contributed by atoms with Crippen LogP contribution in [-0.4, -0.2) is 37.2 Å². The number of hydrogen-bond acceptors (Lipinski definition) is 8. The number of nitrogens with two attached hydrogens (primary N) is 2. The molecule has 2 aromatic rings. The minimum absolute atomic E-state index is 0.0618. The van der Waals surface area contributed by atoms with Crippen molar-refractivity contribution in [1.82, 2.24) is 0 Å². The highest BCUT2D eigenvalue weighted by Gasteiger charge is 2.65.